The van der Waals surface area contributed by atoms with Crippen molar-refractivity contribution < 1.29 is 14.3 Å². The Morgan fingerprint density at radius 1 is 1.71 bits per heavy atom. The third kappa shape index (κ3) is 3.79. The number of halogens is 1. The lowest BCUT2D eigenvalue weighted by atomic mass is 10.2. The van der Waals surface area contributed by atoms with E-state index in [-0.39, 0.29) is 31.0 Å². The normalized spacial score (nSPS) is 22.0. The lowest BCUT2D eigenvalue weighted by Gasteiger charge is -2.31. The molecule has 1 saturated heterocycles. The number of methoxy groups -OCH3 is 1. The number of nitrogens with zero attached hydrogens (tertiary/aromatic N) is 1. The fourth-order valence-corrected chi connectivity index (χ4v) is 1.24. The smallest absolute Gasteiger partial charge is 0.248 e. The topological polar surface area (TPSA) is 64.8 Å². The van der Waals surface area contributed by atoms with Crippen LogP contribution in [0.3, 0.4) is 0 Å². The maximum atomic E-state index is 11.3. The van der Waals surface area contributed by atoms with E-state index in [2.05, 4.69) is 0 Å². The molecule has 1 unspecified atom stereocenters. The fraction of sp³-hybridized carbons (Fsp3) is 0.875. The van der Waals surface area contributed by atoms with Crippen LogP contribution in [0.1, 0.15) is 0 Å². The van der Waals surface area contributed by atoms with Gasteiger partial charge in [-0.15, -0.1) is 12.4 Å². The first-order valence-electron chi connectivity index (χ1n) is 4.36. The second-order valence-corrected chi connectivity index (χ2v) is 3.00. The Balaban J connectivity index is 0.00000169. The molecule has 0 radical (unpaired) electrons. The van der Waals surface area contributed by atoms with E-state index in [0.29, 0.717) is 26.2 Å². The number of carbonyl (C=O) groups is 1. The van der Waals surface area contributed by atoms with Crippen LogP contribution >= 0.6 is 12.4 Å². The van der Waals surface area contributed by atoms with Crippen molar-refractivity contribution in [3.8, 4) is 0 Å². The van der Waals surface area contributed by atoms with Gasteiger partial charge in [-0.1, -0.05) is 0 Å². The number of hydrogen-bond acceptors (Lipinski definition) is 4. The summed E-state index contributed by atoms with van der Waals surface area (Å²) in [5.74, 6) is 0.0155. The van der Waals surface area contributed by atoms with Crippen LogP contribution in [0.15, 0.2) is 0 Å². The highest BCUT2D eigenvalue weighted by atomic mass is 35.5. The molecule has 1 heterocycles. The van der Waals surface area contributed by atoms with Crippen LogP contribution in [0.4, 0.5) is 0 Å². The Morgan fingerprint density at radius 2 is 2.43 bits per heavy atom. The molecule has 0 aromatic carbocycles. The number of morpholine rings is 1. The second kappa shape index (κ2) is 7.00. The van der Waals surface area contributed by atoms with Crippen molar-refractivity contribution in [2.75, 3.05) is 40.0 Å². The molecule has 0 spiro atoms. The van der Waals surface area contributed by atoms with Crippen LogP contribution in [0.2, 0.25) is 0 Å². The number of ether oxygens (including phenoxy) is 2. The molecule has 0 aromatic rings. The van der Waals surface area contributed by atoms with Crippen molar-refractivity contribution in [3.63, 3.8) is 0 Å². The van der Waals surface area contributed by atoms with Gasteiger partial charge >= 0.3 is 0 Å². The number of nitrogens with two attached hydrogens (primary N) is 1. The molecule has 1 fully saturated rings. The monoisotopic (exact) mass is 224 g/mol. The van der Waals surface area contributed by atoms with Crippen LogP contribution in [-0.4, -0.2) is 56.9 Å². The molecule has 0 saturated carbocycles. The quantitative estimate of drug-likeness (QED) is 0.682. The van der Waals surface area contributed by atoms with E-state index in [1.165, 1.54) is 0 Å². The van der Waals surface area contributed by atoms with E-state index >= 15 is 0 Å². The van der Waals surface area contributed by atoms with Gasteiger partial charge in [-0.3, -0.25) is 4.79 Å². The zero-order valence-electron chi connectivity index (χ0n) is 8.27. The van der Waals surface area contributed by atoms with Crippen molar-refractivity contribution in [3.05, 3.63) is 0 Å². The van der Waals surface area contributed by atoms with Gasteiger partial charge in [-0.2, -0.15) is 0 Å². The molecule has 5 nitrogen and oxygen atoms in total. The molecular weight excluding hydrogens is 208 g/mol. The molecule has 14 heavy (non-hydrogen) atoms. The van der Waals surface area contributed by atoms with Gasteiger partial charge in [0.25, 0.3) is 0 Å². The van der Waals surface area contributed by atoms with Gasteiger partial charge in [-0.25, -0.2) is 0 Å². The highest BCUT2D eigenvalue weighted by Gasteiger charge is 2.24. The predicted octanol–water partition coefficient (Wildman–Crippen LogP) is -0.759. The molecule has 1 aliphatic heterocycles. The van der Waals surface area contributed by atoms with E-state index in [9.17, 15) is 4.79 Å². The minimum absolute atomic E-state index is 0. The van der Waals surface area contributed by atoms with Crippen molar-refractivity contribution in [2.45, 2.75) is 6.10 Å². The Bertz CT molecular complexity index is 180. The molecule has 1 rings (SSSR count). The first kappa shape index (κ1) is 13.6. The van der Waals surface area contributed by atoms with E-state index in [1.807, 2.05) is 0 Å². The van der Waals surface area contributed by atoms with Gasteiger partial charge in [0, 0.05) is 26.7 Å². The molecule has 84 valence electrons. The Morgan fingerprint density at radius 3 is 3.00 bits per heavy atom. The van der Waals surface area contributed by atoms with Crippen LogP contribution in [0, 0.1) is 0 Å². The van der Waals surface area contributed by atoms with Crippen LogP contribution in [0.5, 0.6) is 0 Å². The van der Waals surface area contributed by atoms with Crippen molar-refractivity contribution in [2.24, 2.45) is 5.73 Å². The number of rotatable bonds is 4. The maximum absolute atomic E-state index is 11.3. The zero-order chi connectivity index (χ0) is 9.68. The standard InChI is InChI=1S/C8H16N2O3.ClH/c1-12-3-2-10-5-7(4-9)13-6-8(10)11;/h7H,2-6,9H2,1H3;1H. The predicted molar refractivity (Wildman–Crippen MR) is 54.5 cm³/mol. The zero-order valence-corrected chi connectivity index (χ0v) is 9.09. The van der Waals surface area contributed by atoms with Crippen molar-refractivity contribution in [1.82, 2.24) is 4.90 Å². The molecule has 0 bridgehead atoms. The number of amides is 1. The molecule has 0 aliphatic carbocycles. The van der Waals surface area contributed by atoms with Gasteiger partial charge in [0.2, 0.25) is 5.91 Å². The van der Waals surface area contributed by atoms with Gasteiger partial charge < -0.3 is 20.1 Å². The molecular formula is C8H17ClN2O3. The highest BCUT2D eigenvalue weighted by Crippen LogP contribution is 2.04. The van der Waals surface area contributed by atoms with Crippen molar-refractivity contribution >= 4 is 18.3 Å². The average molecular weight is 225 g/mol. The van der Waals surface area contributed by atoms with E-state index in [0.717, 1.165) is 0 Å². The summed E-state index contributed by atoms with van der Waals surface area (Å²) in [5.41, 5.74) is 5.45. The molecule has 1 atom stereocenters. The molecule has 1 amide bonds. The molecule has 6 heteroatoms. The minimum atomic E-state index is -0.0189. The summed E-state index contributed by atoms with van der Waals surface area (Å²) in [7, 11) is 1.62. The average Bonchev–Trinajstić information content (AvgIpc) is 2.17. The van der Waals surface area contributed by atoms with Gasteiger partial charge in [0.05, 0.1) is 12.7 Å². The third-order valence-electron chi connectivity index (χ3n) is 2.05. The summed E-state index contributed by atoms with van der Waals surface area (Å²) < 4.78 is 10.1. The summed E-state index contributed by atoms with van der Waals surface area (Å²) in [5, 5.41) is 0. The Hall–Kier alpha value is -0.360. The van der Waals surface area contributed by atoms with Crippen LogP contribution in [0.25, 0.3) is 0 Å². The van der Waals surface area contributed by atoms with Crippen LogP contribution < -0.4 is 5.73 Å². The van der Waals surface area contributed by atoms with Crippen molar-refractivity contribution in [1.29, 1.82) is 0 Å². The largest absolute Gasteiger partial charge is 0.383 e. The number of hydrogen-bond donors (Lipinski definition) is 1. The first-order chi connectivity index (χ1) is 6.27. The van der Waals surface area contributed by atoms with Gasteiger partial charge in [-0.05, 0) is 0 Å². The molecule has 2 N–H and O–H groups in total. The maximum Gasteiger partial charge on any atom is 0.248 e. The second-order valence-electron chi connectivity index (χ2n) is 3.00. The fourth-order valence-electron chi connectivity index (χ4n) is 1.24. The third-order valence-corrected chi connectivity index (χ3v) is 2.05. The van der Waals surface area contributed by atoms with Gasteiger partial charge in [0.1, 0.15) is 6.61 Å². The molecule has 1 aliphatic rings. The molecule has 0 aromatic heterocycles. The summed E-state index contributed by atoms with van der Waals surface area (Å²) in [6, 6.07) is 0. The summed E-state index contributed by atoms with van der Waals surface area (Å²) in [6.07, 6.45) is -0.0189. The Labute approximate surface area is 89.9 Å². The highest BCUT2D eigenvalue weighted by molar-refractivity contribution is 5.85. The lowest BCUT2D eigenvalue weighted by Crippen LogP contribution is -2.50. The van der Waals surface area contributed by atoms with Gasteiger partial charge in [0.15, 0.2) is 0 Å². The van der Waals surface area contributed by atoms with E-state index in [1.54, 1.807) is 12.0 Å². The number of carbonyl (C=O) groups excluding carboxylic acids is 1. The summed E-state index contributed by atoms with van der Waals surface area (Å²) >= 11 is 0. The van der Waals surface area contributed by atoms with E-state index < -0.39 is 0 Å². The minimum Gasteiger partial charge on any atom is -0.383 e. The summed E-state index contributed by atoms with van der Waals surface area (Å²) in [4.78, 5) is 13.0. The van der Waals surface area contributed by atoms with E-state index in [4.69, 9.17) is 15.2 Å². The SMILES string of the molecule is COCCN1CC(CN)OCC1=O.Cl. The first-order valence-corrected chi connectivity index (χ1v) is 4.36. The van der Waals surface area contributed by atoms with Crippen LogP contribution in [-0.2, 0) is 14.3 Å². The summed E-state index contributed by atoms with van der Waals surface area (Å²) in [6.45, 7) is 2.36. The lowest BCUT2D eigenvalue weighted by molar-refractivity contribution is -0.149. The Kier molecular flexibility index (Phi) is 6.82.